The maximum absolute atomic E-state index is 13.0. The van der Waals surface area contributed by atoms with Gasteiger partial charge in [-0.25, -0.2) is 13.2 Å². The number of benzene rings is 2. The Morgan fingerprint density at radius 3 is 2.41 bits per heavy atom. The molecule has 7 nitrogen and oxygen atoms in total. The van der Waals surface area contributed by atoms with Crippen molar-refractivity contribution in [3.63, 3.8) is 0 Å². The third kappa shape index (κ3) is 3.36. The van der Waals surface area contributed by atoms with Gasteiger partial charge in [-0.05, 0) is 36.4 Å². The summed E-state index contributed by atoms with van der Waals surface area (Å²) in [6.07, 6.45) is 0. The third-order valence-electron chi connectivity index (χ3n) is 4.59. The van der Waals surface area contributed by atoms with Crippen LogP contribution in [0.2, 0.25) is 5.02 Å². The summed E-state index contributed by atoms with van der Waals surface area (Å²) in [6.45, 7) is 0.0951. The number of hydrogen-bond acceptors (Lipinski definition) is 4. The predicted octanol–water partition coefficient (Wildman–Crippen LogP) is 2.36. The number of rotatable bonds is 5. The Bertz CT molecular complexity index is 1180. The molecule has 1 aromatic heterocycles. The molecule has 0 saturated heterocycles. The van der Waals surface area contributed by atoms with Gasteiger partial charge < -0.3 is 4.74 Å². The summed E-state index contributed by atoms with van der Waals surface area (Å²) in [7, 11) is 2.49. The Morgan fingerprint density at radius 1 is 1.07 bits per heavy atom. The second-order valence-electron chi connectivity index (χ2n) is 6.27. The third-order valence-corrected chi connectivity index (χ3v) is 6.62. The lowest BCUT2D eigenvalue weighted by Gasteiger charge is -2.19. The molecule has 0 fully saturated rings. The molecular formula is C18H20ClN3O4S. The molecular weight excluding hydrogens is 390 g/mol. The highest BCUT2D eigenvalue weighted by molar-refractivity contribution is 7.89. The molecule has 0 spiro atoms. The zero-order chi connectivity index (χ0) is 19.9. The van der Waals surface area contributed by atoms with Crippen molar-refractivity contribution in [2.45, 2.75) is 11.4 Å². The van der Waals surface area contributed by atoms with E-state index >= 15 is 0 Å². The second-order valence-corrected chi connectivity index (χ2v) is 8.75. The van der Waals surface area contributed by atoms with Crippen molar-refractivity contribution in [2.75, 3.05) is 14.2 Å². The smallest absolute Gasteiger partial charge is 0.328 e. The highest BCUT2D eigenvalue weighted by atomic mass is 35.5. The number of fused-ring (bicyclic) bond motifs is 1. The van der Waals surface area contributed by atoms with Crippen LogP contribution in [0.25, 0.3) is 11.0 Å². The normalized spacial score (nSPS) is 12.1. The minimum absolute atomic E-state index is 0.0951. The fraction of sp³-hybridized carbons (Fsp3) is 0.278. The lowest BCUT2D eigenvalue weighted by Crippen LogP contribution is -2.26. The summed E-state index contributed by atoms with van der Waals surface area (Å²) in [5.74, 6) is 0.558. The maximum atomic E-state index is 13.0. The van der Waals surface area contributed by atoms with E-state index in [0.29, 0.717) is 27.4 Å². The summed E-state index contributed by atoms with van der Waals surface area (Å²) in [5.41, 5.74) is 1.67. The molecule has 0 atom stereocenters. The van der Waals surface area contributed by atoms with E-state index in [2.05, 4.69) is 0 Å². The summed E-state index contributed by atoms with van der Waals surface area (Å²) in [5, 5.41) is 0.498. The van der Waals surface area contributed by atoms with E-state index in [9.17, 15) is 13.2 Å². The highest BCUT2D eigenvalue weighted by Crippen LogP contribution is 2.26. The van der Waals surface area contributed by atoms with Gasteiger partial charge in [0.1, 0.15) is 5.75 Å². The number of methoxy groups -OCH3 is 1. The van der Waals surface area contributed by atoms with Gasteiger partial charge in [0, 0.05) is 38.3 Å². The van der Waals surface area contributed by atoms with E-state index in [1.54, 1.807) is 38.4 Å². The molecule has 27 heavy (non-hydrogen) atoms. The van der Waals surface area contributed by atoms with Crippen molar-refractivity contribution >= 4 is 32.7 Å². The van der Waals surface area contributed by atoms with E-state index in [-0.39, 0.29) is 17.1 Å². The number of sulfonamides is 1. The van der Waals surface area contributed by atoms with Crippen molar-refractivity contribution in [1.29, 1.82) is 0 Å². The lowest BCUT2D eigenvalue weighted by atomic mass is 10.2. The Labute approximate surface area is 162 Å². The average Bonchev–Trinajstić information content (AvgIpc) is 2.86. The summed E-state index contributed by atoms with van der Waals surface area (Å²) < 4.78 is 35.5. The molecule has 2 aromatic carbocycles. The fourth-order valence-electron chi connectivity index (χ4n) is 3.02. The molecule has 0 radical (unpaired) electrons. The van der Waals surface area contributed by atoms with Crippen LogP contribution in [-0.2, 0) is 30.7 Å². The monoisotopic (exact) mass is 409 g/mol. The topological polar surface area (TPSA) is 73.5 Å². The number of imidazole rings is 1. The summed E-state index contributed by atoms with van der Waals surface area (Å²) in [4.78, 5) is 12.2. The second kappa shape index (κ2) is 7.03. The molecule has 144 valence electrons. The van der Waals surface area contributed by atoms with Crippen LogP contribution in [0.3, 0.4) is 0 Å². The van der Waals surface area contributed by atoms with Crippen molar-refractivity contribution in [3.8, 4) is 5.75 Å². The van der Waals surface area contributed by atoms with Gasteiger partial charge in [-0.1, -0.05) is 11.6 Å². The Balaban J connectivity index is 2.01. The van der Waals surface area contributed by atoms with Crippen LogP contribution in [-0.4, -0.2) is 36.0 Å². The molecule has 0 aliphatic carbocycles. The fourth-order valence-corrected chi connectivity index (χ4v) is 4.39. The standard InChI is InChI=1S/C18H20ClN3O4S/c1-20(11-12-9-13(19)5-8-17(12)26-4)27(24,25)14-6-7-15-16(10-14)22(3)18(23)21(15)2/h5-10H,11H2,1-4H3. The number of aromatic nitrogens is 2. The zero-order valence-corrected chi connectivity index (χ0v) is 17.0. The first-order valence-electron chi connectivity index (χ1n) is 8.11. The first-order chi connectivity index (χ1) is 12.7. The molecule has 3 aromatic rings. The van der Waals surface area contributed by atoms with Gasteiger partial charge in [-0.15, -0.1) is 0 Å². The molecule has 1 heterocycles. The van der Waals surface area contributed by atoms with Crippen molar-refractivity contribution in [3.05, 3.63) is 57.5 Å². The molecule has 0 saturated carbocycles. The van der Waals surface area contributed by atoms with Crippen LogP contribution < -0.4 is 10.4 Å². The van der Waals surface area contributed by atoms with E-state index in [1.165, 1.54) is 39.7 Å². The number of halogens is 1. The zero-order valence-electron chi connectivity index (χ0n) is 15.4. The number of hydrogen-bond donors (Lipinski definition) is 0. The SMILES string of the molecule is COc1ccc(Cl)cc1CN(C)S(=O)(=O)c1ccc2c(c1)n(C)c(=O)n2C. The Morgan fingerprint density at radius 2 is 1.74 bits per heavy atom. The Hall–Kier alpha value is -2.29. The minimum Gasteiger partial charge on any atom is -0.496 e. The lowest BCUT2D eigenvalue weighted by molar-refractivity contribution is 0.398. The van der Waals surface area contributed by atoms with Crippen LogP contribution in [0.5, 0.6) is 5.75 Å². The van der Waals surface area contributed by atoms with Crippen LogP contribution in [0.1, 0.15) is 5.56 Å². The number of nitrogens with zero attached hydrogens (tertiary/aromatic N) is 3. The minimum atomic E-state index is -3.78. The van der Waals surface area contributed by atoms with Gasteiger partial charge in [-0.2, -0.15) is 4.31 Å². The molecule has 0 unspecified atom stereocenters. The molecule has 9 heteroatoms. The van der Waals surface area contributed by atoms with Crippen molar-refractivity contribution in [2.24, 2.45) is 14.1 Å². The first kappa shape index (κ1) is 19.5. The first-order valence-corrected chi connectivity index (χ1v) is 9.93. The van der Waals surface area contributed by atoms with E-state index in [0.717, 1.165) is 0 Å². The summed E-state index contributed by atoms with van der Waals surface area (Å²) in [6, 6.07) is 9.71. The molecule has 3 rings (SSSR count). The average molecular weight is 410 g/mol. The number of aryl methyl sites for hydroxylation is 2. The van der Waals surface area contributed by atoms with E-state index in [1.807, 2.05) is 0 Å². The van der Waals surface area contributed by atoms with Crippen LogP contribution in [0.15, 0.2) is 46.1 Å². The van der Waals surface area contributed by atoms with Gasteiger partial charge in [0.25, 0.3) is 0 Å². The maximum Gasteiger partial charge on any atom is 0.328 e. The predicted molar refractivity (Wildman–Crippen MR) is 105 cm³/mol. The van der Waals surface area contributed by atoms with Crippen molar-refractivity contribution < 1.29 is 13.2 Å². The summed E-state index contributed by atoms with van der Waals surface area (Å²) >= 11 is 6.03. The molecule has 0 aliphatic rings. The number of ether oxygens (including phenoxy) is 1. The van der Waals surface area contributed by atoms with Crippen molar-refractivity contribution in [1.82, 2.24) is 13.4 Å². The van der Waals surface area contributed by atoms with Gasteiger partial charge in [0.05, 0.1) is 23.0 Å². The molecule has 0 aliphatic heterocycles. The van der Waals surface area contributed by atoms with Crippen LogP contribution >= 0.6 is 11.6 Å². The van der Waals surface area contributed by atoms with Gasteiger partial charge in [-0.3, -0.25) is 9.13 Å². The van der Waals surface area contributed by atoms with Crippen LogP contribution in [0, 0.1) is 0 Å². The van der Waals surface area contributed by atoms with Crippen LogP contribution in [0.4, 0.5) is 0 Å². The van der Waals surface area contributed by atoms with E-state index in [4.69, 9.17) is 16.3 Å². The quantitative estimate of drug-likeness (QED) is 0.648. The van der Waals surface area contributed by atoms with Gasteiger partial charge in [0.2, 0.25) is 10.0 Å². The Kier molecular flexibility index (Phi) is 5.07. The molecule has 0 bridgehead atoms. The molecule has 0 N–H and O–H groups in total. The largest absolute Gasteiger partial charge is 0.496 e. The highest BCUT2D eigenvalue weighted by Gasteiger charge is 2.23. The van der Waals surface area contributed by atoms with E-state index < -0.39 is 10.0 Å². The molecule has 0 amide bonds. The van der Waals surface area contributed by atoms with Gasteiger partial charge in [0.15, 0.2) is 0 Å². The van der Waals surface area contributed by atoms with Gasteiger partial charge >= 0.3 is 5.69 Å².